The highest BCUT2D eigenvalue weighted by molar-refractivity contribution is 8.00. The number of aryl methyl sites for hydroxylation is 1. The Morgan fingerprint density at radius 2 is 1.97 bits per heavy atom. The first-order valence-electron chi connectivity index (χ1n) is 10.8. The van der Waals surface area contributed by atoms with Crippen LogP contribution in [0.15, 0.2) is 34.6 Å². The van der Waals surface area contributed by atoms with Crippen molar-refractivity contribution in [2.24, 2.45) is 23.2 Å². The molecule has 2 aromatic heterocycles. The fraction of sp³-hybridized carbons (Fsp3) is 0.609. The second-order valence-electron chi connectivity index (χ2n) is 9.42. The molecule has 154 valence electrons. The van der Waals surface area contributed by atoms with Crippen LogP contribution in [0.1, 0.15) is 51.2 Å². The molecule has 0 N–H and O–H groups in total. The molecule has 2 heterocycles. The number of carbonyl (C=O) groups is 1. The topological polar surface area (TPSA) is 60.9 Å². The zero-order chi connectivity index (χ0) is 20.2. The predicted molar refractivity (Wildman–Crippen MR) is 114 cm³/mol. The second-order valence-corrected chi connectivity index (χ2v) is 10.7. The fourth-order valence-electron chi connectivity index (χ4n) is 6.54. The Hall–Kier alpha value is -1.82. The van der Waals surface area contributed by atoms with Crippen LogP contribution in [0.3, 0.4) is 0 Å². The lowest BCUT2D eigenvalue weighted by molar-refractivity contribution is -0.142. The van der Waals surface area contributed by atoms with Crippen LogP contribution in [-0.2, 0) is 11.3 Å². The Balaban J connectivity index is 1.39. The van der Waals surface area contributed by atoms with Gasteiger partial charge in [0, 0.05) is 12.0 Å². The Kier molecular flexibility index (Phi) is 4.72. The fourth-order valence-corrected chi connectivity index (χ4v) is 7.59. The minimum atomic E-state index is -0.114. The molecule has 1 unspecified atom stereocenters. The van der Waals surface area contributed by atoms with Gasteiger partial charge in [-0.25, -0.2) is 0 Å². The Morgan fingerprint density at radius 1 is 1.31 bits per heavy atom. The summed E-state index contributed by atoms with van der Waals surface area (Å²) in [6.45, 7) is 8.47. The zero-order valence-electron chi connectivity index (χ0n) is 17.3. The standard InChI is InChI=1S/C23H29N3O2S/c1-4-6-26-21(19-5-7-28-14(19)2)24-25-22(26)29-15(3)20(27)23-11-16-8-17(12-23)10-18(9-16)13-23/h4-5,7,15-18H,1,6,8-13H2,2-3H3. The molecule has 0 radical (unpaired) electrons. The molecule has 0 aliphatic heterocycles. The predicted octanol–water partition coefficient (Wildman–Crippen LogP) is 5.30. The lowest BCUT2D eigenvalue weighted by Crippen LogP contribution is -2.51. The molecule has 6 rings (SSSR count). The molecule has 4 aliphatic rings. The first kappa shape index (κ1) is 19.2. The largest absolute Gasteiger partial charge is 0.469 e. The van der Waals surface area contributed by atoms with Gasteiger partial charge in [0.05, 0.1) is 17.1 Å². The summed E-state index contributed by atoms with van der Waals surface area (Å²) in [5.74, 6) is 4.37. The molecular weight excluding hydrogens is 382 g/mol. The van der Waals surface area contributed by atoms with Crippen molar-refractivity contribution in [1.82, 2.24) is 14.8 Å². The highest BCUT2D eigenvalue weighted by Crippen LogP contribution is 2.61. The monoisotopic (exact) mass is 411 g/mol. The van der Waals surface area contributed by atoms with Crippen LogP contribution in [-0.4, -0.2) is 25.8 Å². The molecule has 1 atom stereocenters. The van der Waals surface area contributed by atoms with E-state index in [1.165, 1.54) is 19.3 Å². The highest BCUT2D eigenvalue weighted by atomic mass is 32.2. The minimum absolute atomic E-state index is 0.0750. The second kappa shape index (κ2) is 7.15. The van der Waals surface area contributed by atoms with Crippen molar-refractivity contribution in [2.45, 2.75) is 69.3 Å². The van der Waals surface area contributed by atoms with E-state index in [2.05, 4.69) is 23.7 Å². The van der Waals surface area contributed by atoms with Crippen molar-refractivity contribution in [2.75, 3.05) is 0 Å². The number of Topliss-reactive ketones (excluding diaryl/α,β-unsaturated/α-hetero) is 1. The maximum Gasteiger partial charge on any atom is 0.192 e. The van der Waals surface area contributed by atoms with Gasteiger partial charge in [0.25, 0.3) is 0 Å². The van der Waals surface area contributed by atoms with Crippen molar-refractivity contribution >= 4 is 17.5 Å². The van der Waals surface area contributed by atoms with E-state index in [0.717, 1.165) is 59.3 Å². The van der Waals surface area contributed by atoms with Crippen molar-refractivity contribution < 1.29 is 9.21 Å². The van der Waals surface area contributed by atoms with Crippen LogP contribution in [0.25, 0.3) is 11.4 Å². The SMILES string of the molecule is C=CCn1c(SC(C)C(=O)C23CC4CC(CC(C4)C2)C3)nnc1-c1ccoc1C. The van der Waals surface area contributed by atoms with Crippen molar-refractivity contribution in [1.29, 1.82) is 0 Å². The summed E-state index contributed by atoms with van der Waals surface area (Å²) in [4.78, 5) is 13.6. The third-order valence-corrected chi connectivity index (χ3v) is 8.42. The molecular formula is C23H29N3O2S. The van der Waals surface area contributed by atoms with Crippen LogP contribution in [0.2, 0.25) is 0 Å². The van der Waals surface area contributed by atoms with Crippen LogP contribution >= 0.6 is 11.8 Å². The maximum atomic E-state index is 13.6. The van der Waals surface area contributed by atoms with Gasteiger partial charge in [-0.3, -0.25) is 9.36 Å². The van der Waals surface area contributed by atoms with Crippen molar-refractivity contribution in [3.8, 4) is 11.4 Å². The Morgan fingerprint density at radius 3 is 2.52 bits per heavy atom. The lowest BCUT2D eigenvalue weighted by Gasteiger charge is -2.56. The number of furan rings is 1. The van der Waals surface area contributed by atoms with Gasteiger partial charge < -0.3 is 4.42 Å². The number of nitrogens with zero attached hydrogens (tertiary/aromatic N) is 3. The van der Waals surface area contributed by atoms with Crippen molar-refractivity contribution in [3.63, 3.8) is 0 Å². The van der Waals surface area contributed by atoms with Gasteiger partial charge in [0.2, 0.25) is 0 Å². The van der Waals surface area contributed by atoms with E-state index in [1.807, 2.05) is 23.6 Å². The quantitative estimate of drug-likeness (QED) is 0.457. The van der Waals surface area contributed by atoms with E-state index in [0.29, 0.717) is 12.3 Å². The number of aromatic nitrogens is 3. The zero-order valence-corrected chi connectivity index (χ0v) is 18.1. The number of ketones is 1. The Labute approximate surface area is 176 Å². The Bertz CT molecular complexity index is 909. The number of thioether (sulfide) groups is 1. The first-order chi connectivity index (χ1) is 14.0. The minimum Gasteiger partial charge on any atom is -0.469 e. The molecule has 29 heavy (non-hydrogen) atoms. The van der Waals surface area contributed by atoms with Crippen LogP contribution in [0.5, 0.6) is 0 Å². The molecule has 6 heteroatoms. The average molecular weight is 412 g/mol. The average Bonchev–Trinajstić information content (AvgIpc) is 3.26. The molecule has 4 saturated carbocycles. The molecule has 0 aromatic carbocycles. The molecule has 4 bridgehead atoms. The maximum absolute atomic E-state index is 13.6. The summed E-state index contributed by atoms with van der Waals surface area (Å²) in [5, 5.41) is 9.52. The smallest absolute Gasteiger partial charge is 0.192 e. The van der Waals surface area contributed by atoms with E-state index in [4.69, 9.17) is 4.42 Å². The molecule has 2 aromatic rings. The van der Waals surface area contributed by atoms with E-state index >= 15 is 0 Å². The number of carbonyl (C=O) groups excluding carboxylic acids is 1. The van der Waals surface area contributed by atoms with Crippen LogP contribution in [0, 0.1) is 30.1 Å². The van der Waals surface area contributed by atoms with Crippen LogP contribution < -0.4 is 0 Å². The first-order valence-corrected chi connectivity index (χ1v) is 11.7. The van der Waals surface area contributed by atoms with Gasteiger partial charge >= 0.3 is 0 Å². The number of hydrogen-bond donors (Lipinski definition) is 0. The number of allylic oxidation sites excluding steroid dienone is 1. The van der Waals surface area contributed by atoms with E-state index < -0.39 is 0 Å². The normalized spacial score (nSPS) is 31.2. The van der Waals surface area contributed by atoms with E-state index in [1.54, 1.807) is 18.0 Å². The molecule has 4 aliphatic carbocycles. The van der Waals surface area contributed by atoms with E-state index in [-0.39, 0.29) is 10.7 Å². The highest BCUT2D eigenvalue weighted by Gasteiger charge is 2.55. The third kappa shape index (κ3) is 3.20. The van der Waals surface area contributed by atoms with Gasteiger partial charge in [-0.2, -0.15) is 0 Å². The molecule has 0 spiro atoms. The third-order valence-electron chi connectivity index (χ3n) is 7.34. The van der Waals surface area contributed by atoms with Gasteiger partial charge in [0.1, 0.15) is 5.76 Å². The summed E-state index contributed by atoms with van der Waals surface area (Å²) in [6.07, 6.45) is 10.9. The summed E-state index contributed by atoms with van der Waals surface area (Å²) >= 11 is 1.55. The van der Waals surface area contributed by atoms with Gasteiger partial charge in [-0.05, 0) is 76.2 Å². The van der Waals surface area contributed by atoms with E-state index in [9.17, 15) is 4.79 Å². The summed E-state index contributed by atoms with van der Waals surface area (Å²) < 4.78 is 7.49. The summed E-state index contributed by atoms with van der Waals surface area (Å²) in [7, 11) is 0. The van der Waals surface area contributed by atoms with Gasteiger partial charge in [-0.15, -0.1) is 16.8 Å². The number of hydrogen-bond acceptors (Lipinski definition) is 5. The summed E-state index contributed by atoms with van der Waals surface area (Å²) in [6, 6.07) is 1.91. The molecule has 0 saturated heterocycles. The van der Waals surface area contributed by atoms with Crippen LogP contribution in [0.4, 0.5) is 0 Å². The molecule has 5 nitrogen and oxygen atoms in total. The molecule has 4 fully saturated rings. The van der Waals surface area contributed by atoms with Crippen molar-refractivity contribution in [3.05, 3.63) is 30.7 Å². The van der Waals surface area contributed by atoms with Gasteiger partial charge in [-0.1, -0.05) is 17.8 Å². The summed E-state index contributed by atoms with van der Waals surface area (Å²) in [5.41, 5.74) is 0.861. The van der Waals surface area contributed by atoms with Gasteiger partial charge in [0.15, 0.2) is 16.8 Å². The molecule has 0 amide bonds. The number of rotatable bonds is 7. The lowest BCUT2D eigenvalue weighted by atomic mass is 9.48.